The van der Waals surface area contributed by atoms with E-state index in [0.29, 0.717) is 6.61 Å². The van der Waals surface area contributed by atoms with E-state index < -0.39 is 0 Å². The van der Waals surface area contributed by atoms with Crippen LogP contribution < -0.4 is 0 Å². The molecule has 0 fully saturated rings. The third-order valence-corrected chi connectivity index (χ3v) is 2.32. The Hall–Kier alpha value is -1.33. The van der Waals surface area contributed by atoms with Gasteiger partial charge in [-0.2, -0.15) is 5.26 Å². The molecule has 0 amide bonds. The lowest BCUT2D eigenvalue weighted by Gasteiger charge is -2.08. The van der Waals surface area contributed by atoms with E-state index in [0.717, 1.165) is 24.0 Å². The van der Waals surface area contributed by atoms with Gasteiger partial charge in [-0.25, -0.2) is 0 Å². The van der Waals surface area contributed by atoms with Gasteiger partial charge in [-0.3, -0.25) is 0 Å². The van der Waals surface area contributed by atoms with Gasteiger partial charge >= 0.3 is 0 Å². The Morgan fingerprint density at radius 2 is 2.21 bits per heavy atom. The third kappa shape index (κ3) is 2.34. The second-order valence-electron chi connectivity index (χ2n) is 3.15. The standard InChI is InChI=1S/C12H15NO/c1-3-12-10(7-8-14-2)5-4-6-11(12)9-13/h4-6H,3,7-8H2,1-2H3. The van der Waals surface area contributed by atoms with Crippen LogP contribution in [0, 0.1) is 11.3 Å². The lowest BCUT2D eigenvalue weighted by molar-refractivity contribution is 0.202. The largest absolute Gasteiger partial charge is 0.384 e. The summed E-state index contributed by atoms with van der Waals surface area (Å²) in [4.78, 5) is 0. The maximum Gasteiger partial charge on any atom is 0.0994 e. The van der Waals surface area contributed by atoms with Crippen LogP contribution in [0.15, 0.2) is 18.2 Å². The van der Waals surface area contributed by atoms with E-state index in [-0.39, 0.29) is 0 Å². The summed E-state index contributed by atoms with van der Waals surface area (Å²) in [6.07, 6.45) is 1.79. The highest BCUT2D eigenvalue weighted by Gasteiger charge is 2.05. The summed E-state index contributed by atoms with van der Waals surface area (Å²) in [5, 5.41) is 8.92. The SMILES string of the molecule is CCc1c(C#N)cccc1CCOC. The Morgan fingerprint density at radius 1 is 1.43 bits per heavy atom. The molecule has 0 atom stereocenters. The zero-order chi connectivity index (χ0) is 10.4. The molecule has 0 unspecified atom stereocenters. The maximum atomic E-state index is 8.92. The molecule has 0 heterocycles. The first-order valence-corrected chi connectivity index (χ1v) is 4.83. The average Bonchev–Trinajstić information content (AvgIpc) is 2.25. The van der Waals surface area contributed by atoms with Gasteiger partial charge in [0.05, 0.1) is 18.2 Å². The number of hydrogen-bond donors (Lipinski definition) is 0. The quantitative estimate of drug-likeness (QED) is 0.728. The van der Waals surface area contributed by atoms with Crippen LogP contribution in [0.2, 0.25) is 0 Å². The molecule has 0 N–H and O–H groups in total. The van der Waals surface area contributed by atoms with Gasteiger partial charge in [0.25, 0.3) is 0 Å². The number of methoxy groups -OCH3 is 1. The predicted octanol–water partition coefficient (Wildman–Crippen LogP) is 2.31. The Labute approximate surface area is 85.1 Å². The van der Waals surface area contributed by atoms with E-state index in [1.807, 2.05) is 12.1 Å². The molecule has 0 spiro atoms. The predicted molar refractivity (Wildman–Crippen MR) is 56.1 cm³/mol. The van der Waals surface area contributed by atoms with E-state index in [9.17, 15) is 0 Å². The molecule has 1 aromatic rings. The topological polar surface area (TPSA) is 33.0 Å². The molecule has 2 nitrogen and oxygen atoms in total. The van der Waals surface area contributed by atoms with Gasteiger partial charge in [-0.1, -0.05) is 19.1 Å². The molecule has 0 aromatic heterocycles. The van der Waals surface area contributed by atoms with Crippen LogP contribution in [0.4, 0.5) is 0 Å². The van der Waals surface area contributed by atoms with Crippen LogP contribution in [0.25, 0.3) is 0 Å². The van der Waals surface area contributed by atoms with Crippen LogP contribution in [-0.4, -0.2) is 13.7 Å². The highest BCUT2D eigenvalue weighted by Crippen LogP contribution is 2.15. The Morgan fingerprint density at radius 3 is 2.79 bits per heavy atom. The number of ether oxygens (including phenoxy) is 1. The first-order chi connectivity index (χ1) is 6.83. The fraction of sp³-hybridized carbons (Fsp3) is 0.417. The Balaban J connectivity index is 2.98. The summed E-state index contributed by atoms with van der Waals surface area (Å²) in [7, 11) is 1.69. The summed E-state index contributed by atoms with van der Waals surface area (Å²) in [5.74, 6) is 0. The van der Waals surface area contributed by atoms with E-state index in [2.05, 4.69) is 19.1 Å². The maximum absolute atomic E-state index is 8.92. The van der Waals surface area contributed by atoms with E-state index in [4.69, 9.17) is 10.00 Å². The average molecular weight is 189 g/mol. The zero-order valence-corrected chi connectivity index (χ0v) is 8.71. The molecule has 1 aromatic carbocycles. The van der Waals surface area contributed by atoms with Crippen molar-refractivity contribution < 1.29 is 4.74 Å². The number of nitriles is 1. The number of benzene rings is 1. The molecule has 0 aliphatic carbocycles. The normalized spacial score (nSPS) is 9.79. The van der Waals surface area contributed by atoms with Gasteiger partial charge in [0, 0.05) is 7.11 Å². The molecule has 0 aliphatic heterocycles. The van der Waals surface area contributed by atoms with Gasteiger partial charge in [0.15, 0.2) is 0 Å². The lowest BCUT2D eigenvalue weighted by Crippen LogP contribution is -2.00. The first-order valence-electron chi connectivity index (χ1n) is 4.83. The van der Waals surface area contributed by atoms with E-state index >= 15 is 0 Å². The summed E-state index contributed by atoms with van der Waals surface area (Å²) < 4.78 is 5.04. The fourth-order valence-corrected chi connectivity index (χ4v) is 1.60. The molecule has 2 heteroatoms. The summed E-state index contributed by atoms with van der Waals surface area (Å²) in [6.45, 7) is 2.79. The zero-order valence-electron chi connectivity index (χ0n) is 8.71. The highest BCUT2D eigenvalue weighted by molar-refractivity contribution is 5.42. The van der Waals surface area contributed by atoms with Crippen molar-refractivity contribution in [3.63, 3.8) is 0 Å². The Bertz CT molecular complexity index is 339. The number of rotatable bonds is 4. The van der Waals surface area contributed by atoms with Crippen molar-refractivity contribution >= 4 is 0 Å². The molecule has 0 aliphatic rings. The molecule has 0 bridgehead atoms. The molecule has 14 heavy (non-hydrogen) atoms. The summed E-state index contributed by atoms with van der Waals surface area (Å²) in [5.41, 5.74) is 3.18. The van der Waals surface area contributed by atoms with Crippen molar-refractivity contribution in [3.8, 4) is 6.07 Å². The van der Waals surface area contributed by atoms with Crippen molar-refractivity contribution in [1.29, 1.82) is 5.26 Å². The minimum Gasteiger partial charge on any atom is -0.384 e. The molecular formula is C12H15NO. The smallest absolute Gasteiger partial charge is 0.0994 e. The third-order valence-electron chi connectivity index (χ3n) is 2.32. The molecule has 0 radical (unpaired) electrons. The van der Waals surface area contributed by atoms with Crippen molar-refractivity contribution in [2.24, 2.45) is 0 Å². The summed E-state index contributed by atoms with van der Waals surface area (Å²) >= 11 is 0. The fourth-order valence-electron chi connectivity index (χ4n) is 1.60. The van der Waals surface area contributed by atoms with Crippen LogP contribution >= 0.6 is 0 Å². The van der Waals surface area contributed by atoms with Gasteiger partial charge < -0.3 is 4.74 Å². The van der Waals surface area contributed by atoms with Gasteiger partial charge in [-0.15, -0.1) is 0 Å². The molecule has 0 saturated carbocycles. The van der Waals surface area contributed by atoms with Crippen molar-refractivity contribution in [2.45, 2.75) is 19.8 Å². The van der Waals surface area contributed by atoms with Gasteiger partial charge in [0.2, 0.25) is 0 Å². The monoisotopic (exact) mass is 189 g/mol. The minimum atomic E-state index is 0.710. The molecular weight excluding hydrogens is 174 g/mol. The lowest BCUT2D eigenvalue weighted by atomic mass is 9.98. The van der Waals surface area contributed by atoms with Crippen molar-refractivity contribution in [1.82, 2.24) is 0 Å². The van der Waals surface area contributed by atoms with Crippen LogP contribution in [0.3, 0.4) is 0 Å². The van der Waals surface area contributed by atoms with Gasteiger partial charge in [-0.05, 0) is 30.0 Å². The van der Waals surface area contributed by atoms with Crippen molar-refractivity contribution in [3.05, 3.63) is 34.9 Å². The second-order valence-corrected chi connectivity index (χ2v) is 3.15. The van der Waals surface area contributed by atoms with Crippen LogP contribution in [0.5, 0.6) is 0 Å². The molecule has 74 valence electrons. The first kappa shape index (κ1) is 10.7. The molecule has 1 rings (SSSR count). The van der Waals surface area contributed by atoms with Crippen LogP contribution in [0.1, 0.15) is 23.6 Å². The minimum absolute atomic E-state index is 0.710. The number of hydrogen-bond acceptors (Lipinski definition) is 2. The van der Waals surface area contributed by atoms with Crippen molar-refractivity contribution in [2.75, 3.05) is 13.7 Å². The van der Waals surface area contributed by atoms with E-state index in [1.165, 1.54) is 5.56 Å². The van der Waals surface area contributed by atoms with Crippen LogP contribution in [-0.2, 0) is 17.6 Å². The van der Waals surface area contributed by atoms with Gasteiger partial charge in [0.1, 0.15) is 0 Å². The number of nitrogens with zero attached hydrogens (tertiary/aromatic N) is 1. The second kappa shape index (κ2) is 5.41. The highest BCUT2D eigenvalue weighted by atomic mass is 16.5. The summed E-state index contributed by atoms with van der Waals surface area (Å²) in [6, 6.07) is 8.09. The van der Waals surface area contributed by atoms with E-state index in [1.54, 1.807) is 7.11 Å². The Kier molecular flexibility index (Phi) is 4.15. The molecule has 0 saturated heterocycles.